The molecule has 1 aliphatic rings. The molecule has 0 bridgehead atoms. The van der Waals surface area contributed by atoms with E-state index in [-0.39, 0.29) is 0 Å². The van der Waals surface area contributed by atoms with Crippen molar-refractivity contribution in [1.82, 2.24) is 25.4 Å². The Bertz CT molecular complexity index is 302. The summed E-state index contributed by atoms with van der Waals surface area (Å²) in [5.74, 6) is 0.866. The van der Waals surface area contributed by atoms with E-state index < -0.39 is 6.17 Å². The molecular formula is C10H18FN5. The molecule has 1 fully saturated rings. The molecule has 5 nitrogen and oxygen atoms in total. The molecule has 0 saturated carbocycles. The van der Waals surface area contributed by atoms with E-state index in [0.29, 0.717) is 19.0 Å². The van der Waals surface area contributed by atoms with Gasteiger partial charge in [-0.3, -0.25) is 10.00 Å². The SMILES string of the molecule is CNC[C@@H]1C[C@H](F)CN1CCc1ncn[nH]1. The molecule has 2 N–H and O–H groups in total. The fourth-order valence-electron chi connectivity index (χ4n) is 2.25. The third-order valence-electron chi connectivity index (χ3n) is 3.02. The lowest BCUT2D eigenvalue weighted by atomic mass is 10.2. The van der Waals surface area contributed by atoms with Crippen molar-refractivity contribution in [3.63, 3.8) is 0 Å². The van der Waals surface area contributed by atoms with Gasteiger partial charge in [-0.1, -0.05) is 0 Å². The van der Waals surface area contributed by atoms with Crippen LogP contribution in [0.25, 0.3) is 0 Å². The largest absolute Gasteiger partial charge is 0.318 e. The Kier molecular flexibility index (Phi) is 3.84. The van der Waals surface area contributed by atoms with Crippen LogP contribution in [0.5, 0.6) is 0 Å². The number of likely N-dealkylation sites (N-methyl/N-ethyl adjacent to an activating group) is 1. The maximum atomic E-state index is 13.3. The molecule has 0 amide bonds. The van der Waals surface area contributed by atoms with Crippen LogP contribution in [-0.4, -0.2) is 59.0 Å². The Balaban J connectivity index is 1.83. The first-order chi connectivity index (χ1) is 7.79. The van der Waals surface area contributed by atoms with Crippen LogP contribution in [0, 0.1) is 0 Å². The first kappa shape index (κ1) is 11.5. The normalized spacial score (nSPS) is 26.4. The number of rotatable bonds is 5. The fourth-order valence-corrected chi connectivity index (χ4v) is 2.25. The van der Waals surface area contributed by atoms with Gasteiger partial charge in [-0.15, -0.1) is 0 Å². The number of alkyl halides is 1. The number of H-pyrrole nitrogens is 1. The summed E-state index contributed by atoms with van der Waals surface area (Å²) in [6.45, 7) is 2.22. The number of halogens is 1. The van der Waals surface area contributed by atoms with Crippen molar-refractivity contribution in [2.24, 2.45) is 0 Å². The van der Waals surface area contributed by atoms with Gasteiger partial charge in [0.2, 0.25) is 0 Å². The van der Waals surface area contributed by atoms with E-state index in [1.165, 1.54) is 6.33 Å². The highest BCUT2D eigenvalue weighted by Gasteiger charge is 2.31. The molecule has 2 heterocycles. The molecular weight excluding hydrogens is 209 g/mol. The quantitative estimate of drug-likeness (QED) is 0.742. The Morgan fingerprint density at radius 1 is 1.69 bits per heavy atom. The smallest absolute Gasteiger partial charge is 0.137 e. The molecule has 1 aliphatic heterocycles. The molecule has 16 heavy (non-hydrogen) atoms. The summed E-state index contributed by atoms with van der Waals surface area (Å²) in [6, 6.07) is 0.308. The summed E-state index contributed by atoms with van der Waals surface area (Å²) >= 11 is 0. The zero-order valence-corrected chi connectivity index (χ0v) is 9.49. The van der Waals surface area contributed by atoms with Crippen molar-refractivity contribution in [2.45, 2.75) is 25.1 Å². The number of hydrogen-bond donors (Lipinski definition) is 2. The molecule has 0 unspecified atom stereocenters. The lowest BCUT2D eigenvalue weighted by Crippen LogP contribution is -2.38. The van der Waals surface area contributed by atoms with Crippen LogP contribution in [-0.2, 0) is 6.42 Å². The molecule has 1 saturated heterocycles. The van der Waals surface area contributed by atoms with Crippen LogP contribution in [0.4, 0.5) is 4.39 Å². The Morgan fingerprint density at radius 2 is 2.56 bits per heavy atom. The third kappa shape index (κ3) is 2.76. The van der Waals surface area contributed by atoms with Gasteiger partial charge in [-0.2, -0.15) is 5.10 Å². The van der Waals surface area contributed by atoms with Gasteiger partial charge in [0.15, 0.2) is 0 Å². The van der Waals surface area contributed by atoms with Gasteiger partial charge in [-0.25, -0.2) is 9.37 Å². The van der Waals surface area contributed by atoms with Crippen molar-refractivity contribution < 1.29 is 4.39 Å². The Labute approximate surface area is 94.4 Å². The van der Waals surface area contributed by atoms with Crippen LogP contribution in [0.2, 0.25) is 0 Å². The monoisotopic (exact) mass is 227 g/mol. The second-order valence-corrected chi connectivity index (χ2v) is 4.22. The highest BCUT2D eigenvalue weighted by atomic mass is 19.1. The summed E-state index contributed by atoms with van der Waals surface area (Å²) < 4.78 is 13.3. The minimum atomic E-state index is -0.687. The predicted octanol–water partition coefficient (Wildman–Crippen LogP) is -0.0210. The maximum absolute atomic E-state index is 13.3. The molecule has 0 aromatic carbocycles. The average Bonchev–Trinajstić information content (AvgIpc) is 2.86. The number of likely N-dealkylation sites (tertiary alicyclic amines) is 1. The molecule has 1 aromatic heterocycles. The molecule has 0 radical (unpaired) electrons. The van der Waals surface area contributed by atoms with Gasteiger partial charge < -0.3 is 5.32 Å². The first-order valence-electron chi connectivity index (χ1n) is 5.66. The van der Waals surface area contributed by atoms with E-state index in [4.69, 9.17) is 0 Å². The second-order valence-electron chi connectivity index (χ2n) is 4.22. The first-order valence-corrected chi connectivity index (χ1v) is 5.66. The zero-order chi connectivity index (χ0) is 11.4. The minimum absolute atomic E-state index is 0.308. The minimum Gasteiger partial charge on any atom is -0.318 e. The van der Waals surface area contributed by atoms with E-state index in [1.807, 2.05) is 7.05 Å². The van der Waals surface area contributed by atoms with Crippen molar-refractivity contribution in [1.29, 1.82) is 0 Å². The number of nitrogens with one attached hydrogen (secondary N) is 2. The number of aromatic amines is 1. The van der Waals surface area contributed by atoms with Crippen LogP contribution >= 0.6 is 0 Å². The fraction of sp³-hybridized carbons (Fsp3) is 0.800. The number of nitrogens with zero attached hydrogens (tertiary/aromatic N) is 3. The van der Waals surface area contributed by atoms with Gasteiger partial charge in [0.1, 0.15) is 18.3 Å². The lowest BCUT2D eigenvalue weighted by Gasteiger charge is -2.23. The van der Waals surface area contributed by atoms with E-state index in [9.17, 15) is 4.39 Å². The van der Waals surface area contributed by atoms with Crippen molar-refractivity contribution in [2.75, 3.05) is 26.7 Å². The maximum Gasteiger partial charge on any atom is 0.137 e. The second kappa shape index (κ2) is 5.36. The molecule has 0 aliphatic carbocycles. The van der Waals surface area contributed by atoms with Gasteiger partial charge in [0.25, 0.3) is 0 Å². The van der Waals surface area contributed by atoms with Gasteiger partial charge in [0, 0.05) is 32.1 Å². The zero-order valence-electron chi connectivity index (χ0n) is 9.49. The Morgan fingerprint density at radius 3 is 3.25 bits per heavy atom. The standard InChI is InChI=1S/C10H18FN5/c1-12-5-9-4-8(11)6-16(9)3-2-10-13-7-14-15-10/h7-9,12H,2-6H2,1H3,(H,13,14,15)/t8-,9-/m0/s1. The third-order valence-corrected chi connectivity index (χ3v) is 3.02. The summed E-state index contributed by atoms with van der Waals surface area (Å²) in [4.78, 5) is 6.25. The summed E-state index contributed by atoms with van der Waals surface area (Å²) in [5, 5.41) is 9.73. The van der Waals surface area contributed by atoms with Crippen LogP contribution in [0.15, 0.2) is 6.33 Å². The summed E-state index contributed by atoms with van der Waals surface area (Å²) in [6.07, 6.45) is 2.25. The average molecular weight is 227 g/mol. The molecule has 90 valence electrons. The highest BCUT2D eigenvalue weighted by Crippen LogP contribution is 2.19. The highest BCUT2D eigenvalue weighted by molar-refractivity contribution is 4.89. The Hall–Kier alpha value is -1.01. The number of aromatic nitrogens is 3. The van der Waals surface area contributed by atoms with E-state index >= 15 is 0 Å². The molecule has 0 spiro atoms. The van der Waals surface area contributed by atoms with Gasteiger partial charge in [0.05, 0.1) is 0 Å². The molecule has 6 heteroatoms. The summed E-state index contributed by atoms with van der Waals surface area (Å²) in [7, 11) is 1.90. The van der Waals surface area contributed by atoms with Crippen LogP contribution in [0.1, 0.15) is 12.2 Å². The van der Waals surface area contributed by atoms with Crippen molar-refractivity contribution >= 4 is 0 Å². The predicted molar refractivity (Wildman–Crippen MR) is 58.9 cm³/mol. The molecule has 2 rings (SSSR count). The van der Waals surface area contributed by atoms with E-state index in [2.05, 4.69) is 25.4 Å². The van der Waals surface area contributed by atoms with Crippen LogP contribution < -0.4 is 5.32 Å². The topological polar surface area (TPSA) is 56.8 Å². The van der Waals surface area contributed by atoms with Crippen LogP contribution in [0.3, 0.4) is 0 Å². The number of hydrogen-bond acceptors (Lipinski definition) is 4. The van der Waals surface area contributed by atoms with Crippen molar-refractivity contribution in [3.8, 4) is 0 Å². The van der Waals surface area contributed by atoms with E-state index in [1.54, 1.807) is 0 Å². The lowest BCUT2D eigenvalue weighted by molar-refractivity contribution is 0.242. The molecule has 2 atom stereocenters. The molecule has 1 aromatic rings. The van der Waals surface area contributed by atoms with Crippen molar-refractivity contribution in [3.05, 3.63) is 12.2 Å². The van der Waals surface area contributed by atoms with Gasteiger partial charge >= 0.3 is 0 Å². The van der Waals surface area contributed by atoms with Gasteiger partial charge in [-0.05, 0) is 13.5 Å². The summed E-state index contributed by atoms with van der Waals surface area (Å²) in [5.41, 5.74) is 0. The van der Waals surface area contributed by atoms with E-state index in [0.717, 1.165) is 25.3 Å².